The second-order valence-electron chi connectivity index (χ2n) is 6.55. The topological polar surface area (TPSA) is 40.6 Å². The molecular weight excluding hydrogens is 324 g/mol. The maximum absolute atomic E-state index is 5.41. The molecule has 0 atom stereocenters. The quantitative estimate of drug-likeness (QED) is 0.663. The van der Waals surface area contributed by atoms with Gasteiger partial charge in [-0.05, 0) is 50.4 Å². The van der Waals surface area contributed by atoms with Crippen LogP contribution in [0.15, 0.2) is 30.5 Å². The molecule has 0 amide bonds. The van der Waals surface area contributed by atoms with Crippen LogP contribution in [0.25, 0.3) is 10.9 Å². The second kappa shape index (κ2) is 10.3. The fraction of sp³-hybridized carbons (Fsp3) is 0.571. The van der Waals surface area contributed by atoms with E-state index in [2.05, 4.69) is 59.9 Å². The third-order valence-electron chi connectivity index (χ3n) is 5.05. The zero-order chi connectivity index (χ0) is 18.9. The van der Waals surface area contributed by atoms with Crippen LogP contribution < -0.4 is 10.1 Å². The number of hydrogen-bond donors (Lipinski definition) is 1. The standard InChI is InChI=1S/C21H34N4O/c1-6-24(7-2)15-17(16-25(8-3)9-4)23-21-12-13-22-20-11-10-18(26-5)14-19(20)21/h10-14,17H,6-9,15-16H2,1-5H3,(H,22,23). The maximum atomic E-state index is 5.41. The van der Waals surface area contributed by atoms with E-state index in [1.165, 1.54) is 0 Å². The smallest absolute Gasteiger partial charge is 0.119 e. The van der Waals surface area contributed by atoms with Gasteiger partial charge in [0, 0.05) is 30.4 Å². The van der Waals surface area contributed by atoms with Gasteiger partial charge in [-0.25, -0.2) is 0 Å². The first-order chi connectivity index (χ1) is 12.6. The minimum atomic E-state index is 0.353. The van der Waals surface area contributed by atoms with Gasteiger partial charge in [-0.15, -0.1) is 0 Å². The highest BCUT2D eigenvalue weighted by atomic mass is 16.5. The monoisotopic (exact) mass is 358 g/mol. The number of nitrogens with zero attached hydrogens (tertiary/aromatic N) is 3. The molecule has 1 aromatic carbocycles. The Morgan fingerprint density at radius 1 is 0.962 bits per heavy atom. The Hall–Kier alpha value is -1.85. The molecule has 0 unspecified atom stereocenters. The lowest BCUT2D eigenvalue weighted by Crippen LogP contribution is -2.44. The number of aromatic nitrogens is 1. The molecule has 0 radical (unpaired) electrons. The fourth-order valence-electron chi connectivity index (χ4n) is 3.33. The molecule has 1 heterocycles. The highest BCUT2D eigenvalue weighted by Gasteiger charge is 2.16. The van der Waals surface area contributed by atoms with Gasteiger partial charge in [0.25, 0.3) is 0 Å². The van der Waals surface area contributed by atoms with Crippen molar-refractivity contribution in [2.45, 2.75) is 33.7 Å². The first kappa shape index (κ1) is 20.5. The Morgan fingerprint density at radius 3 is 2.12 bits per heavy atom. The van der Waals surface area contributed by atoms with Gasteiger partial charge >= 0.3 is 0 Å². The molecule has 0 aliphatic heterocycles. The van der Waals surface area contributed by atoms with E-state index < -0.39 is 0 Å². The molecule has 0 saturated carbocycles. The third-order valence-corrected chi connectivity index (χ3v) is 5.05. The normalized spacial score (nSPS) is 11.7. The van der Waals surface area contributed by atoms with Gasteiger partial charge in [-0.3, -0.25) is 4.98 Å². The summed E-state index contributed by atoms with van der Waals surface area (Å²) in [4.78, 5) is 9.45. The summed E-state index contributed by atoms with van der Waals surface area (Å²) in [6, 6.07) is 8.47. The number of nitrogens with one attached hydrogen (secondary N) is 1. The van der Waals surface area contributed by atoms with E-state index in [-0.39, 0.29) is 0 Å². The minimum absolute atomic E-state index is 0.353. The van der Waals surface area contributed by atoms with E-state index in [0.717, 1.165) is 61.6 Å². The molecule has 2 aromatic rings. The molecule has 0 bridgehead atoms. The number of ether oxygens (including phenoxy) is 1. The van der Waals surface area contributed by atoms with Crippen molar-refractivity contribution in [3.8, 4) is 5.75 Å². The van der Waals surface area contributed by atoms with Crippen molar-refractivity contribution in [3.63, 3.8) is 0 Å². The molecular formula is C21H34N4O. The summed E-state index contributed by atoms with van der Waals surface area (Å²) < 4.78 is 5.41. The number of pyridine rings is 1. The summed E-state index contributed by atoms with van der Waals surface area (Å²) in [6.07, 6.45) is 1.88. The highest BCUT2D eigenvalue weighted by Crippen LogP contribution is 2.26. The summed E-state index contributed by atoms with van der Waals surface area (Å²) in [5.41, 5.74) is 2.11. The zero-order valence-electron chi connectivity index (χ0n) is 17.0. The lowest BCUT2D eigenvalue weighted by Gasteiger charge is -2.31. The molecule has 0 aliphatic carbocycles. The van der Waals surface area contributed by atoms with Gasteiger partial charge in [0.15, 0.2) is 0 Å². The van der Waals surface area contributed by atoms with E-state index in [1.54, 1.807) is 7.11 Å². The molecule has 2 rings (SSSR count). The van der Waals surface area contributed by atoms with E-state index in [1.807, 2.05) is 18.3 Å². The van der Waals surface area contributed by atoms with Crippen molar-refractivity contribution >= 4 is 16.6 Å². The summed E-state index contributed by atoms with van der Waals surface area (Å²) in [5, 5.41) is 4.90. The Morgan fingerprint density at radius 2 is 1.58 bits per heavy atom. The third kappa shape index (κ3) is 5.32. The first-order valence-electron chi connectivity index (χ1n) is 9.79. The van der Waals surface area contributed by atoms with Crippen LogP contribution in [0.5, 0.6) is 5.75 Å². The Kier molecular flexibility index (Phi) is 8.13. The van der Waals surface area contributed by atoms with Crippen molar-refractivity contribution in [2.24, 2.45) is 0 Å². The molecule has 0 fully saturated rings. The number of hydrogen-bond acceptors (Lipinski definition) is 5. The summed E-state index contributed by atoms with van der Waals surface area (Å²) in [5.74, 6) is 0.859. The number of fused-ring (bicyclic) bond motifs is 1. The van der Waals surface area contributed by atoms with Crippen LogP contribution in [-0.2, 0) is 0 Å². The molecule has 26 heavy (non-hydrogen) atoms. The van der Waals surface area contributed by atoms with Crippen LogP contribution >= 0.6 is 0 Å². The van der Waals surface area contributed by atoms with Gasteiger partial charge in [-0.2, -0.15) is 0 Å². The average molecular weight is 359 g/mol. The van der Waals surface area contributed by atoms with Crippen molar-refractivity contribution in [2.75, 3.05) is 51.7 Å². The molecule has 0 spiro atoms. The van der Waals surface area contributed by atoms with E-state index in [9.17, 15) is 0 Å². The lowest BCUT2D eigenvalue weighted by molar-refractivity contribution is 0.236. The number of likely N-dealkylation sites (N-methyl/N-ethyl adjacent to an activating group) is 2. The number of anilines is 1. The predicted octanol–water partition coefficient (Wildman–Crippen LogP) is 3.71. The van der Waals surface area contributed by atoms with Crippen LogP contribution in [0.4, 0.5) is 5.69 Å². The van der Waals surface area contributed by atoms with E-state index >= 15 is 0 Å². The lowest BCUT2D eigenvalue weighted by atomic mass is 10.1. The van der Waals surface area contributed by atoms with E-state index in [0.29, 0.717) is 6.04 Å². The Labute approximate surface area is 158 Å². The highest BCUT2D eigenvalue weighted by molar-refractivity contribution is 5.92. The largest absolute Gasteiger partial charge is 0.497 e. The average Bonchev–Trinajstić information content (AvgIpc) is 2.69. The van der Waals surface area contributed by atoms with Crippen molar-refractivity contribution in [3.05, 3.63) is 30.5 Å². The maximum Gasteiger partial charge on any atom is 0.119 e. The Bertz CT molecular complexity index is 654. The molecule has 0 aliphatic rings. The van der Waals surface area contributed by atoms with Crippen LogP contribution in [0, 0.1) is 0 Å². The summed E-state index contributed by atoms with van der Waals surface area (Å²) in [7, 11) is 1.70. The van der Waals surface area contributed by atoms with Gasteiger partial charge in [-0.1, -0.05) is 27.7 Å². The van der Waals surface area contributed by atoms with Gasteiger partial charge in [0.1, 0.15) is 5.75 Å². The molecule has 144 valence electrons. The predicted molar refractivity (Wildman–Crippen MR) is 111 cm³/mol. The first-order valence-corrected chi connectivity index (χ1v) is 9.79. The van der Waals surface area contributed by atoms with Crippen LogP contribution in [-0.4, -0.2) is 67.2 Å². The molecule has 5 nitrogen and oxygen atoms in total. The number of rotatable bonds is 11. The van der Waals surface area contributed by atoms with Gasteiger partial charge in [0.2, 0.25) is 0 Å². The second-order valence-corrected chi connectivity index (χ2v) is 6.55. The molecule has 1 N–H and O–H groups in total. The van der Waals surface area contributed by atoms with Gasteiger partial charge < -0.3 is 19.9 Å². The number of benzene rings is 1. The Balaban J connectivity index is 2.29. The zero-order valence-corrected chi connectivity index (χ0v) is 17.0. The number of methoxy groups -OCH3 is 1. The van der Waals surface area contributed by atoms with Crippen molar-refractivity contribution < 1.29 is 4.74 Å². The van der Waals surface area contributed by atoms with Crippen molar-refractivity contribution in [1.82, 2.24) is 14.8 Å². The summed E-state index contributed by atoms with van der Waals surface area (Å²) >= 11 is 0. The van der Waals surface area contributed by atoms with Gasteiger partial charge in [0.05, 0.1) is 18.7 Å². The molecule has 1 aromatic heterocycles. The van der Waals surface area contributed by atoms with Crippen LogP contribution in [0.1, 0.15) is 27.7 Å². The molecule has 5 heteroatoms. The fourth-order valence-corrected chi connectivity index (χ4v) is 3.33. The van der Waals surface area contributed by atoms with Crippen LogP contribution in [0.3, 0.4) is 0 Å². The van der Waals surface area contributed by atoms with Crippen molar-refractivity contribution in [1.29, 1.82) is 0 Å². The minimum Gasteiger partial charge on any atom is -0.497 e. The summed E-state index contributed by atoms with van der Waals surface area (Å²) in [6.45, 7) is 15.2. The molecule has 0 saturated heterocycles. The SMILES string of the molecule is CCN(CC)CC(CN(CC)CC)Nc1ccnc2ccc(OC)cc12. The van der Waals surface area contributed by atoms with Crippen LogP contribution in [0.2, 0.25) is 0 Å². The van der Waals surface area contributed by atoms with E-state index in [4.69, 9.17) is 4.74 Å².